The number of anilines is 1. The van der Waals surface area contributed by atoms with E-state index >= 15 is 0 Å². The first-order valence-electron chi connectivity index (χ1n) is 8.25. The average molecular weight is 370 g/mol. The Morgan fingerprint density at radius 2 is 2.27 bits per heavy atom. The number of halogens is 1. The molecule has 26 heavy (non-hydrogen) atoms. The molecule has 1 atom stereocenters. The molecule has 0 saturated carbocycles. The molecule has 0 spiro atoms. The van der Waals surface area contributed by atoms with E-state index in [1.165, 1.54) is 17.3 Å². The smallest absolute Gasteiger partial charge is 0.258 e. The maximum atomic E-state index is 13.2. The van der Waals surface area contributed by atoms with E-state index in [9.17, 15) is 4.79 Å². The van der Waals surface area contributed by atoms with Gasteiger partial charge < -0.3 is 9.64 Å². The van der Waals surface area contributed by atoms with E-state index in [-0.39, 0.29) is 12.0 Å². The minimum atomic E-state index is -0.140. The zero-order valence-corrected chi connectivity index (χ0v) is 14.8. The Balaban J connectivity index is 1.73. The van der Waals surface area contributed by atoms with Gasteiger partial charge >= 0.3 is 0 Å². The number of carbonyl (C=O) groups excluding carboxylic acids is 1. The third-order valence-corrected chi connectivity index (χ3v) is 4.55. The molecule has 0 N–H and O–H groups in total. The predicted octanol–water partition coefficient (Wildman–Crippen LogP) is 3.13. The van der Waals surface area contributed by atoms with Crippen molar-refractivity contribution < 1.29 is 9.53 Å². The van der Waals surface area contributed by atoms with Crippen molar-refractivity contribution in [2.75, 3.05) is 11.4 Å². The topological polar surface area (TPSA) is 73.1 Å². The lowest BCUT2D eigenvalue weighted by atomic mass is 10.1. The largest absolute Gasteiger partial charge is 0.485 e. The quantitative estimate of drug-likeness (QED) is 0.709. The van der Waals surface area contributed by atoms with Crippen molar-refractivity contribution in [3.8, 4) is 11.6 Å². The number of fused-ring (bicyclic) bond motifs is 1. The van der Waals surface area contributed by atoms with E-state index in [0.29, 0.717) is 34.4 Å². The first-order chi connectivity index (χ1) is 12.7. The van der Waals surface area contributed by atoms with Crippen LogP contribution in [0.1, 0.15) is 23.7 Å². The molecule has 0 unspecified atom stereocenters. The number of para-hydroxylation sites is 1. The lowest BCUT2D eigenvalue weighted by Crippen LogP contribution is -2.43. The number of amides is 1. The van der Waals surface area contributed by atoms with Crippen molar-refractivity contribution >= 4 is 23.2 Å². The van der Waals surface area contributed by atoms with Crippen LogP contribution < -0.4 is 9.64 Å². The van der Waals surface area contributed by atoms with Crippen LogP contribution in [0, 0.1) is 0 Å². The summed E-state index contributed by atoms with van der Waals surface area (Å²) in [5.41, 5.74) is 1.18. The Kier molecular flexibility index (Phi) is 4.30. The molecule has 8 heteroatoms. The maximum Gasteiger partial charge on any atom is 0.258 e. The molecule has 3 heterocycles. The highest BCUT2D eigenvalue weighted by atomic mass is 35.5. The van der Waals surface area contributed by atoms with E-state index in [1.54, 1.807) is 29.3 Å². The van der Waals surface area contributed by atoms with Gasteiger partial charge in [0.15, 0.2) is 11.6 Å². The zero-order valence-electron chi connectivity index (χ0n) is 14.0. The van der Waals surface area contributed by atoms with E-state index < -0.39 is 0 Å². The summed E-state index contributed by atoms with van der Waals surface area (Å²) in [5.74, 6) is 0.935. The lowest BCUT2D eigenvalue weighted by molar-refractivity contribution is 0.0954. The van der Waals surface area contributed by atoms with Crippen LogP contribution in [0.4, 0.5) is 5.69 Å². The van der Waals surface area contributed by atoms with Crippen LogP contribution in [-0.2, 0) is 0 Å². The molecular weight excluding hydrogens is 354 g/mol. The van der Waals surface area contributed by atoms with E-state index in [4.69, 9.17) is 16.3 Å². The number of benzene rings is 1. The fraction of sp³-hybridized carbons (Fsp3) is 0.222. The van der Waals surface area contributed by atoms with Crippen LogP contribution in [0.25, 0.3) is 5.82 Å². The minimum absolute atomic E-state index is 0.108. The van der Waals surface area contributed by atoms with Gasteiger partial charge in [0.2, 0.25) is 0 Å². The third-order valence-electron chi connectivity index (χ3n) is 4.25. The number of carbonyl (C=O) groups is 1. The molecule has 132 valence electrons. The molecule has 1 aliphatic rings. The monoisotopic (exact) mass is 369 g/mol. The summed E-state index contributed by atoms with van der Waals surface area (Å²) in [6, 6.07) is 8.78. The Bertz CT molecular complexity index is 945. The molecule has 4 rings (SSSR count). The molecule has 1 amide bonds. The maximum absolute atomic E-state index is 13.2. The van der Waals surface area contributed by atoms with Gasteiger partial charge in [0.1, 0.15) is 18.8 Å². The van der Waals surface area contributed by atoms with Crippen LogP contribution in [-0.4, -0.2) is 38.3 Å². The summed E-state index contributed by atoms with van der Waals surface area (Å²) >= 11 is 6.28. The molecule has 0 fully saturated rings. The second kappa shape index (κ2) is 6.76. The van der Waals surface area contributed by atoms with Crippen molar-refractivity contribution in [2.24, 2.45) is 0 Å². The Morgan fingerprint density at radius 1 is 1.38 bits per heavy atom. The second-order valence-corrected chi connectivity index (χ2v) is 6.30. The van der Waals surface area contributed by atoms with Crippen molar-refractivity contribution in [1.82, 2.24) is 19.7 Å². The second-order valence-electron chi connectivity index (χ2n) is 5.89. The summed E-state index contributed by atoms with van der Waals surface area (Å²) < 4.78 is 7.46. The highest BCUT2D eigenvalue weighted by Crippen LogP contribution is 2.40. The van der Waals surface area contributed by atoms with Crippen molar-refractivity contribution in [3.63, 3.8) is 0 Å². The fourth-order valence-corrected chi connectivity index (χ4v) is 3.11. The first kappa shape index (κ1) is 16.5. The lowest BCUT2D eigenvalue weighted by Gasteiger charge is -2.35. The van der Waals surface area contributed by atoms with Gasteiger partial charge in [-0.15, -0.1) is 0 Å². The van der Waals surface area contributed by atoms with Crippen LogP contribution in [0.15, 0.2) is 49.2 Å². The summed E-state index contributed by atoms with van der Waals surface area (Å²) in [5, 5.41) is 4.55. The molecule has 0 bridgehead atoms. The number of ether oxygens (including phenoxy) is 1. The molecule has 2 aromatic heterocycles. The number of hydrogen-bond acceptors (Lipinski definition) is 5. The predicted molar refractivity (Wildman–Crippen MR) is 97.0 cm³/mol. The van der Waals surface area contributed by atoms with Gasteiger partial charge in [-0.2, -0.15) is 5.10 Å². The average Bonchev–Trinajstić information content (AvgIpc) is 3.22. The van der Waals surface area contributed by atoms with Crippen molar-refractivity contribution in [2.45, 2.75) is 19.4 Å². The highest BCUT2D eigenvalue weighted by molar-refractivity contribution is 6.32. The zero-order chi connectivity index (χ0) is 18.1. The van der Waals surface area contributed by atoms with Gasteiger partial charge in [-0.25, -0.2) is 14.6 Å². The van der Waals surface area contributed by atoms with Gasteiger partial charge in [-0.3, -0.25) is 4.79 Å². The molecule has 0 radical (unpaired) electrons. The van der Waals surface area contributed by atoms with Crippen molar-refractivity contribution in [1.29, 1.82) is 0 Å². The van der Waals surface area contributed by atoms with Gasteiger partial charge in [0.05, 0.1) is 17.3 Å². The molecule has 3 aromatic rings. The number of pyridine rings is 1. The van der Waals surface area contributed by atoms with Gasteiger partial charge in [0, 0.05) is 11.8 Å². The fourth-order valence-electron chi connectivity index (χ4n) is 2.90. The van der Waals surface area contributed by atoms with Crippen LogP contribution in [0.2, 0.25) is 5.02 Å². The van der Waals surface area contributed by atoms with Gasteiger partial charge in [-0.1, -0.05) is 24.6 Å². The normalized spacial score (nSPS) is 16.1. The van der Waals surface area contributed by atoms with Gasteiger partial charge in [0.25, 0.3) is 5.91 Å². The number of aromatic nitrogens is 4. The van der Waals surface area contributed by atoms with E-state index in [0.717, 1.165) is 6.42 Å². The standard InChI is InChI=1S/C18H16ClN5O2/c1-2-13-9-23(15-5-3-4-14(19)17(15)26-13)18(25)12-6-7-21-16(8-12)24-11-20-10-22-24/h3-8,10-11,13H,2,9H2,1H3/t13-/m0/s1. The molecule has 1 aliphatic heterocycles. The Hall–Kier alpha value is -2.93. The van der Waals surface area contributed by atoms with E-state index in [1.807, 2.05) is 19.1 Å². The van der Waals surface area contributed by atoms with E-state index in [2.05, 4.69) is 15.1 Å². The number of hydrogen-bond donors (Lipinski definition) is 0. The SMILES string of the molecule is CC[C@H]1CN(C(=O)c2ccnc(-n3cncn3)c2)c2cccc(Cl)c2O1. The molecule has 7 nitrogen and oxygen atoms in total. The van der Waals surface area contributed by atoms with Crippen LogP contribution >= 0.6 is 11.6 Å². The number of rotatable bonds is 3. The Morgan fingerprint density at radius 3 is 3.04 bits per heavy atom. The summed E-state index contributed by atoms with van der Waals surface area (Å²) in [4.78, 5) is 23.1. The van der Waals surface area contributed by atoms with Gasteiger partial charge in [-0.05, 0) is 30.7 Å². The minimum Gasteiger partial charge on any atom is -0.485 e. The molecule has 0 saturated heterocycles. The van der Waals surface area contributed by atoms with Crippen LogP contribution in [0.3, 0.4) is 0 Å². The van der Waals surface area contributed by atoms with Crippen molar-refractivity contribution in [3.05, 3.63) is 59.8 Å². The first-order valence-corrected chi connectivity index (χ1v) is 8.63. The Labute approximate surface area is 155 Å². The molecular formula is C18H16ClN5O2. The summed E-state index contributed by atoms with van der Waals surface area (Å²) in [6.07, 6.45) is 5.20. The van der Waals surface area contributed by atoms with Crippen LogP contribution in [0.5, 0.6) is 5.75 Å². The number of nitrogens with zero attached hydrogens (tertiary/aromatic N) is 5. The summed E-state index contributed by atoms with van der Waals surface area (Å²) in [6.45, 7) is 2.48. The third kappa shape index (κ3) is 2.90. The molecule has 0 aliphatic carbocycles. The highest BCUT2D eigenvalue weighted by Gasteiger charge is 2.31. The molecule has 1 aromatic carbocycles. The summed E-state index contributed by atoms with van der Waals surface area (Å²) in [7, 11) is 0.